The molecule has 0 N–H and O–H groups in total. The van der Waals surface area contributed by atoms with Crippen LogP contribution in [0.4, 0.5) is 4.39 Å². The van der Waals surface area contributed by atoms with Gasteiger partial charge in [-0.1, -0.05) is 36.5 Å². The summed E-state index contributed by atoms with van der Waals surface area (Å²) in [4.78, 5) is 4.55. The van der Waals surface area contributed by atoms with Gasteiger partial charge in [0.15, 0.2) is 0 Å². The van der Waals surface area contributed by atoms with Crippen LogP contribution in [0.15, 0.2) is 47.4 Å². The highest BCUT2D eigenvalue weighted by molar-refractivity contribution is 7.89. The molecule has 2 heterocycles. The maximum absolute atomic E-state index is 13.8. The fourth-order valence-electron chi connectivity index (χ4n) is 3.32. The Morgan fingerprint density at radius 3 is 2.54 bits per heavy atom. The van der Waals surface area contributed by atoms with E-state index in [2.05, 4.69) is 4.98 Å². The first kappa shape index (κ1) is 19.3. The minimum atomic E-state index is -3.49. The van der Waals surface area contributed by atoms with Crippen molar-refractivity contribution in [2.45, 2.75) is 37.2 Å². The smallest absolute Gasteiger partial charge is 0.274 e. The van der Waals surface area contributed by atoms with Gasteiger partial charge >= 0.3 is 0 Å². The Kier molecular flexibility index (Phi) is 5.35. The van der Waals surface area contributed by atoms with E-state index >= 15 is 0 Å². The Labute approximate surface area is 167 Å². The van der Waals surface area contributed by atoms with Gasteiger partial charge in [-0.3, -0.25) is 0 Å². The van der Waals surface area contributed by atoms with E-state index < -0.39 is 10.0 Å². The predicted octanol–water partition coefficient (Wildman–Crippen LogP) is 4.23. The number of thiazole rings is 1. The number of rotatable bonds is 5. The molecule has 0 aliphatic carbocycles. The lowest BCUT2D eigenvalue weighted by Gasteiger charge is -2.30. The third kappa shape index (κ3) is 3.76. The van der Waals surface area contributed by atoms with E-state index in [4.69, 9.17) is 4.74 Å². The van der Waals surface area contributed by atoms with Gasteiger partial charge < -0.3 is 4.74 Å². The van der Waals surface area contributed by atoms with Crippen molar-refractivity contribution in [3.8, 4) is 5.19 Å². The number of hydrogen-bond donors (Lipinski definition) is 0. The number of hydrogen-bond acceptors (Lipinski definition) is 5. The van der Waals surface area contributed by atoms with Crippen LogP contribution in [0.3, 0.4) is 0 Å². The highest BCUT2D eigenvalue weighted by Gasteiger charge is 2.30. The molecule has 1 aromatic heterocycles. The summed E-state index contributed by atoms with van der Waals surface area (Å²) in [6, 6.07) is 11.9. The van der Waals surface area contributed by atoms with E-state index in [0.29, 0.717) is 41.5 Å². The number of fused-ring (bicyclic) bond motifs is 1. The standard InChI is InChI=1S/C20H21FN2O3S2/c1-2-14-6-8-16(9-7-14)28(24,25)23-12-10-15(11-13-23)26-20-22-19-17(21)4-3-5-18(19)27-20/h3-9,15H,2,10-13H2,1H3. The Hall–Kier alpha value is -2.03. The molecule has 4 rings (SSSR count). The zero-order valence-electron chi connectivity index (χ0n) is 15.5. The third-order valence-corrected chi connectivity index (χ3v) is 7.81. The molecule has 2 aromatic carbocycles. The van der Waals surface area contributed by atoms with Crippen molar-refractivity contribution in [2.24, 2.45) is 0 Å². The second kappa shape index (κ2) is 7.77. The average Bonchev–Trinajstić information content (AvgIpc) is 3.12. The summed E-state index contributed by atoms with van der Waals surface area (Å²) in [5.41, 5.74) is 1.43. The first-order valence-electron chi connectivity index (χ1n) is 9.28. The monoisotopic (exact) mass is 420 g/mol. The van der Waals surface area contributed by atoms with Crippen molar-refractivity contribution < 1.29 is 17.5 Å². The van der Waals surface area contributed by atoms with Crippen LogP contribution < -0.4 is 4.74 Å². The number of piperidine rings is 1. The number of ether oxygens (including phenoxy) is 1. The molecular formula is C20H21FN2O3S2. The Morgan fingerprint density at radius 1 is 1.18 bits per heavy atom. The Morgan fingerprint density at radius 2 is 1.89 bits per heavy atom. The maximum atomic E-state index is 13.8. The molecule has 5 nitrogen and oxygen atoms in total. The maximum Gasteiger partial charge on any atom is 0.274 e. The molecule has 0 spiro atoms. The van der Waals surface area contributed by atoms with Gasteiger partial charge in [0.05, 0.1) is 9.60 Å². The first-order valence-corrected chi connectivity index (χ1v) is 11.5. The van der Waals surface area contributed by atoms with E-state index in [0.717, 1.165) is 16.7 Å². The van der Waals surface area contributed by atoms with Crippen molar-refractivity contribution in [3.63, 3.8) is 0 Å². The van der Waals surface area contributed by atoms with Gasteiger partial charge in [0.1, 0.15) is 17.4 Å². The van der Waals surface area contributed by atoms with Gasteiger partial charge in [-0.25, -0.2) is 12.8 Å². The van der Waals surface area contributed by atoms with Crippen molar-refractivity contribution in [3.05, 3.63) is 53.8 Å². The van der Waals surface area contributed by atoms with E-state index in [9.17, 15) is 12.8 Å². The lowest BCUT2D eigenvalue weighted by molar-refractivity contribution is 0.135. The average molecular weight is 421 g/mol. The lowest BCUT2D eigenvalue weighted by Crippen LogP contribution is -2.41. The van der Waals surface area contributed by atoms with Gasteiger partial charge in [0, 0.05) is 13.1 Å². The molecule has 1 fully saturated rings. The molecule has 0 atom stereocenters. The summed E-state index contributed by atoms with van der Waals surface area (Å²) < 4.78 is 47.6. The second-order valence-corrected chi connectivity index (χ2v) is 9.72. The molecule has 148 valence electrons. The number of nitrogens with zero attached hydrogens (tertiary/aromatic N) is 2. The van der Waals surface area contributed by atoms with E-state index in [1.165, 1.54) is 21.7 Å². The summed E-state index contributed by atoms with van der Waals surface area (Å²) in [7, 11) is -3.49. The van der Waals surface area contributed by atoms with Crippen LogP contribution in [0, 0.1) is 5.82 Å². The summed E-state index contributed by atoms with van der Waals surface area (Å²) in [6.45, 7) is 2.82. The molecule has 0 bridgehead atoms. The van der Waals surface area contributed by atoms with Crippen molar-refractivity contribution in [2.75, 3.05) is 13.1 Å². The molecule has 1 aliphatic heterocycles. The summed E-state index contributed by atoms with van der Waals surface area (Å²) in [5.74, 6) is -0.362. The lowest BCUT2D eigenvalue weighted by atomic mass is 10.1. The molecule has 0 amide bonds. The van der Waals surface area contributed by atoms with Crippen LogP contribution in [0.25, 0.3) is 10.2 Å². The Balaban J connectivity index is 1.41. The third-order valence-electron chi connectivity index (χ3n) is 4.99. The molecule has 8 heteroatoms. The molecule has 0 radical (unpaired) electrons. The quantitative estimate of drug-likeness (QED) is 0.620. The minimum Gasteiger partial charge on any atom is -0.467 e. The van der Waals surface area contributed by atoms with Crippen LogP contribution in [0.2, 0.25) is 0 Å². The molecule has 3 aromatic rings. The van der Waals surface area contributed by atoms with Crippen molar-refractivity contribution in [1.82, 2.24) is 9.29 Å². The number of halogens is 1. The van der Waals surface area contributed by atoms with Gasteiger partial charge in [-0.2, -0.15) is 9.29 Å². The second-order valence-electron chi connectivity index (χ2n) is 6.79. The van der Waals surface area contributed by atoms with Gasteiger partial charge in [0.2, 0.25) is 10.0 Å². The normalized spacial score (nSPS) is 16.5. The number of aryl methyl sites for hydroxylation is 1. The van der Waals surface area contributed by atoms with Crippen LogP contribution in [0.1, 0.15) is 25.3 Å². The van der Waals surface area contributed by atoms with Gasteiger partial charge in [0.25, 0.3) is 5.19 Å². The van der Waals surface area contributed by atoms with Gasteiger partial charge in [-0.05, 0) is 49.1 Å². The van der Waals surface area contributed by atoms with Crippen LogP contribution in [-0.4, -0.2) is 36.9 Å². The summed E-state index contributed by atoms with van der Waals surface area (Å²) in [5, 5.41) is 0.427. The van der Waals surface area contributed by atoms with Crippen molar-refractivity contribution in [1.29, 1.82) is 0 Å². The van der Waals surface area contributed by atoms with Crippen LogP contribution in [-0.2, 0) is 16.4 Å². The minimum absolute atomic E-state index is 0.127. The van der Waals surface area contributed by atoms with Crippen molar-refractivity contribution >= 4 is 31.6 Å². The van der Waals surface area contributed by atoms with Crippen LogP contribution >= 0.6 is 11.3 Å². The number of para-hydroxylation sites is 1. The highest BCUT2D eigenvalue weighted by atomic mass is 32.2. The first-order chi connectivity index (χ1) is 13.5. The topological polar surface area (TPSA) is 59.5 Å². The summed E-state index contributed by atoms with van der Waals surface area (Å²) >= 11 is 1.31. The van der Waals surface area contributed by atoms with E-state index in [-0.39, 0.29) is 11.9 Å². The fraction of sp³-hybridized carbons (Fsp3) is 0.350. The number of aromatic nitrogens is 1. The number of benzene rings is 2. The van der Waals surface area contributed by atoms with Crippen LogP contribution in [0.5, 0.6) is 5.19 Å². The SMILES string of the molecule is CCc1ccc(S(=O)(=O)N2CCC(Oc3nc4c(F)cccc4s3)CC2)cc1. The summed E-state index contributed by atoms with van der Waals surface area (Å²) in [6.07, 6.45) is 1.89. The predicted molar refractivity (Wildman–Crippen MR) is 108 cm³/mol. The largest absolute Gasteiger partial charge is 0.467 e. The fourth-order valence-corrected chi connectivity index (χ4v) is 5.69. The molecule has 0 saturated carbocycles. The molecule has 1 saturated heterocycles. The van der Waals surface area contributed by atoms with Gasteiger partial charge in [-0.15, -0.1) is 0 Å². The molecule has 28 heavy (non-hydrogen) atoms. The Bertz CT molecular complexity index is 1070. The highest BCUT2D eigenvalue weighted by Crippen LogP contribution is 2.31. The molecule has 0 unspecified atom stereocenters. The van der Waals surface area contributed by atoms with E-state index in [1.54, 1.807) is 18.2 Å². The molecular weight excluding hydrogens is 399 g/mol. The van der Waals surface area contributed by atoms with E-state index in [1.807, 2.05) is 25.1 Å². The zero-order valence-corrected chi connectivity index (χ0v) is 17.1. The number of sulfonamides is 1. The zero-order chi connectivity index (χ0) is 19.7. The molecule has 1 aliphatic rings.